The van der Waals surface area contributed by atoms with Gasteiger partial charge in [-0.2, -0.15) is 0 Å². The Morgan fingerprint density at radius 3 is 2.72 bits per heavy atom. The van der Waals surface area contributed by atoms with Gasteiger partial charge in [-0.1, -0.05) is 49.2 Å². The number of carbonyl (C=O) groups excluding carboxylic acids is 1. The molecule has 0 fully saturated rings. The molecule has 2 aliphatic rings. The number of Topliss-reactive ketones (excluding diaryl/α,β-unsaturated/α-hetero) is 1. The summed E-state index contributed by atoms with van der Waals surface area (Å²) in [6, 6.07) is 10.7. The van der Waals surface area contributed by atoms with Crippen LogP contribution in [-0.2, 0) is 11.2 Å². The zero-order valence-corrected chi connectivity index (χ0v) is 18.0. The van der Waals surface area contributed by atoms with Crippen molar-refractivity contribution in [1.29, 1.82) is 0 Å². The van der Waals surface area contributed by atoms with Crippen LogP contribution in [0.2, 0.25) is 10.0 Å². The number of allylic oxidation sites excluding steroid dienone is 1. The molecule has 1 aliphatic heterocycles. The van der Waals surface area contributed by atoms with Crippen LogP contribution in [0.5, 0.6) is 5.75 Å². The Balaban J connectivity index is 1.71. The van der Waals surface area contributed by atoms with Gasteiger partial charge in [0.25, 0.3) is 0 Å². The molecule has 0 amide bonds. The van der Waals surface area contributed by atoms with Crippen molar-refractivity contribution in [3.8, 4) is 5.75 Å². The summed E-state index contributed by atoms with van der Waals surface area (Å²) in [6.07, 6.45) is 2.66. The van der Waals surface area contributed by atoms with Gasteiger partial charge >= 0.3 is 0 Å². The fraction of sp³-hybridized carbons (Fsp3) is 0.348. The highest BCUT2D eigenvalue weighted by molar-refractivity contribution is 6.35. The van der Waals surface area contributed by atoms with E-state index in [9.17, 15) is 9.90 Å². The number of aryl methyl sites for hydroxylation is 1. The maximum absolute atomic E-state index is 13.1. The third kappa shape index (κ3) is 4.10. The van der Waals surface area contributed by atoms with Crippen molar-refractivity contribution >= 4 is 40.4 Å². The molecular weight excluding hydrogens is 407 g/mol. The molecule has 4 nitrogen and oxygen atoms in total. The van der Waals surface area contributed by atoms with E-state index in [1.165, 1.54) is 0 Å². The highest BCUT2D eigenvalue weighted by atomic mass is 35.5. The first kappa shape index (κ1) is 20.1. The molecule has 0 saturated carbocycles. The Labute approximate surface area is 180 Å². The fourth-order valence-corrected chi connectivity index (χ4v) is 4.80. The number of carbonyl (C=O) groups is 1. The summed E-state index contributed by atoms with van der Waals surface area (Å²) >= 11 is 12.4. The molecule has 6 heteroatoms. The van der Waals surface area contributed by atoms with Crippen molar-refractivity contribution in [1.82, 2.24) is 0 Å². The summed E-state index contributed by atoms with van der Waals surface area (Å²) in [5, 5.41) is 18.5. The number of aromatic hydroxyl groups is 1. The molecular formula is C23H24Cl2N2O2. The van der Waals surface area contributed by atoms with Crippen molar-refractivity contribution < 1.29 is 9.90 Å². The molecule has 1 heterocycles. The van der Waals surface area contributed by atoms with Gasteiger partial charge in [0.15, 0.2) is 5.78 Å². The fourth-order valence-electron chi connectivity index (χ4n) is 4.29. The van der Waals surface area contributed by atoms with Gasteiger partial charge < -0.3 is 15.7 Å². The van der Waals surface area contributed by atoms with Gasteiger partial charge in [0.1, 0.15) is 11.4 Å². The van der Waals surface area contributed by atoms with Crippen LogP contribution in [0.1, 0.15) is 38.7 Å². The molecule has 29 heavy (non-hydrogen) atoms. The van der Waals surface area contributed by atoms with E-state index in [1.54, 1.807) is 18.2 Å². The van der Waals surface area contributed by atoms with Crippen molar-refractivity contribution in [2.45, 2.75) is 45.6 Å². The van der Waals surface area contributed by atoms with Crippen LogP contribution in [0.3, 0.4) is 0 Å². The van der Waals surface area contributed by atoms with Crippen molar-refractivity contribution in [2.24, 2.45) is 5.41 Å². The second kappa shape index (κ2) is 7.58. The number of halogens is 2. The Morgan fingerprint density at radius 2 is 1.97 bits per heavy atom. The SMILES string of the molecule is CC1(C)CC(=O)C2=C(C1)Nc1c(O)cccc1NC2CCc1ccc(Cl)cc1Cl. The number of phenolic OH excluding ortho intramolecular Hbond substituents is 1. The first-order valence-corrected chi connectivity index (χ1v) is 10.5. The lowest BCUT2D eigenvalue weighted by molar-refractivity contribution is -0.118. The van der Waals surface area contributed by atoms with Crippen LogP contribution >= 0.6 is 23.2 Å². The number of rotatable bonds is 3. The third-order valence-electron chi connectivity index (χ3n) is 5.63. The lowest BCUT2D eigenvalue weighted by Gasteiger charge is -2.34. The topological polar surface area (TPSA) is 61.4 Å². The Morgan fingerprint density at radius 1 is 1.17 bits per heavy atom. The molecule has 4 rings (SSSR count). The number of nitrogens with one attached hydrogen (secondary N) is 2. The quantitative estimate of drug-likeness (QED) is 0.508. The summed E-state index contributed by atoms with van der Waals surface area (Å²) in [5.74, 6) is 0.315. The zero-order chi connectivity index (χ0) is 20.8. The van der Waals surface area contributed by atoms with Gasteiger partial charge in [-0.15, -0.1) is 0 Å². The van der Waals surface area contributed by atoms with Gasteiger partial charge in [-0.25, -0.2) is 0 Å². The van der Waals surface area contributed by atoms with E-state index >= 15 is 0 Å². The molecule has 3 N–H and O–H groups in total. The van der Waals surface area contributed by atoms with E-state index in [4.69, 9.17) is 23.2 Å². The molecule has 0 radical (unpaired) electrons. The normalized spacial score (nSPS) is 20.3. The molecule has 152 valence electrons. The van der Waals surface area contributed by atoms with Crippen LogP contribution in [-0.4, -0.2) is 16.9 Å². The number of hydrogen-bond acceptors (Lipinski definition) is 4. The molecule has 1 atom stereocenters. The molecule has 1 aliphatic carbocycles. The molecule has 2 aromatic rings. The van der Waals surface area contributed by atoms with Crippen LogP contribution in [0.25, 0.3) is 0 Å². The highest BCUT2D eigenvalue weighted by Gasteiger charge is 2.38. The van der Waals surface area contributed by atoms with E-state index in [-0.39, 0.29) is 23.0 Å². The second-order valence-electron chi connectivity index (χ2n) is 8.63. The van der Waals surface area contributed by atoms with E-state index in [0.717, 1.165) is 28.9 Å². The standard InChI is InChI=1S/C23H24Cl2N2O2/c1-23(2)11-18-21(20(29)12-23)16(9-7-13-6-8-14(24)10-15(13)25)26-17-4-3-5-19(28)22(17)27-18/h3-6,8,10,16,26-28H,7,9,11-12H2,1-2H3. The molecule has 1 unspecified atom stereocenters. The summed E-state index contributed by atoms with van der Waals surface area (Å²) < 4.78 is 0. The summed E-state index contributed by atoms with van der Waals surface area (Å²) in [5.41, 5.74) is 3.96. The highest BCUT2D eigenvalue weighted by Crippen LogP contribution is 2.44. The average Bonchev–Trinajstić information content (AvgIpc) is 2.77. The minimum absolute atomic E-state index is 0.123. The molecule has 2 aromatic carbocycles. The maximum atomic E-state index is 13.1. The number of benzene rings is 2. The monoisotopic (exact) mass is 430 g/mol. The van der Waals surface area contributed by atoms with Crippen LogP contribution in [0.15, 0.2) is 47.7 Å². The first-order valence-electron chi connectivity index (χ1n) is 9.79. The minimum atomic E-state index is -0.170. The second-order valence-corrected chi connectivity index (χ2v) is 9.47. The van der Waals surface area contributed by atoms with E-state index < -0.39 is 0 Å². The van der Waals surface area contributed by atoms with Crippen LogP contribution in [0, 0.1) is 5.41 Å². The number of hydrogen-bond donors (Lipinski definition) is 3. The van der Waals surface area contributed by atoms with Gasteiger partial charge in [0.2, 0.25) is 0 Å². The molecule has 0 spiro atoms. The number of ketones is 1. The average molecular weight is 431 g/mol. The van der Waals surface area contributed by atoms with Crippen LogP contribution < -0.4 is 10.6 Å². The minimum Gasteiger partial charge on any atom is -0.506 e. The lowest BCUT2D eigenvalue weighted by atomic mass is 9.74. The Kier molecular flexibility index (Phi) is 5.26. The van der Waals surface area contributed by atoms with E-state index in [2.05, 4.69) is 24.5 Å². The summed E-state index contributed by atoms with van der Waals surface area (Å²) in [4.78, 5) is 13.1. The number of phenols is 1. The van der Waals surface area contributed by atoms with Crippen molar-refractivity contribution in [3.05, 3.63) is 63.3 Å². The molecule has 0 saturated heterocycles. The summed E-state index contributed by atoms with van der Waals surface area (Å²) in [7, 11) is 0. The van der Waals surface area contributed by atoms with Crippen molar-refractivity contribution in [3.63, 3.8) is 0 Å². The predicted molar refractivity (Wildman–Crippen MR) is 119 cm³/mol. The number of anilines is 2. The number of fused-ring (bicyclic) bond motifs is 1. The van der Waals surface area contributed by atoms with Gasteiger partial charge in [-0.05, 0) is 54.5 Å². The third-order valence-corrected chi connectivity index (χ3v) is 6.22. The van der Waals surface area contributed by atoms with Gasteiger partial charge in [0.05, 0.1) is 11.7 Å². The van der Waals surface area contributed by atoms with E-state index in [1.807, 2.05) is 18.2 Å². The predicted octanol–water partition coefficient (Wildman–Crippen LogP) is 6.18. The number of para-hydroxylation sites is 1. The smallest absolute Gasteiger partial charge is 0.163 e. The molecule has 0 aromatic heterocycles. The largest absolute Gasteiger partial charge is 0.506 e. The zero-order valence-electron chi connectivity index (χ0n) is 16.5. The maximum Gasteiger partial charge on any atom is 0.163 e. The first-order chi connectivity index (χ1) is 13.7. The van der Waals surface area contributed by atoms with Crippen molar-refractivity contribution in [2.75, 3.05) is 10.6 Å². The Bertz CT molecular complexity index is 1010. The Hall–Kier alpha value is -2.17. The van der Waals surface area contributed by atoms with Gasteiger partial charge in [0, 0.05) is 27.7 Å². The molecule has 0 bridgehead atoms. The summed E-state index contributed by atoms with van der Waals surface area (Å²) in [6.45, 7) is 4.20. The van der Waals surface area contributed by atoms with Gasteiger partial charge in [-0.3, -0.25) is 4.79 Å². The van der Waals surface area contributed by atoms with E-state index in [0.29, 0.717) is 35.0 Å². The van der Waals surface area contributed by atoms with Crippen LogP contribution in [0.4, 0.5) is 11.4 Å². The lowest BCUT2D eigenvalue weighted by Crippen LogP contribution is -2.35.